The Bertz CT molecular complexity index is 548. The lowest BCUT2D eigenvalue weighted by molar-refractivity contribution is 0.104. The lowest BCUT2D eigenvalue weighted by Gasteiger charge is -2.02. The number of thiophene rings is 1. The molecule has 1 heterocycles. The van der Waals surface area contributed by atoms with E-state index < -0.39 is 0 Å². The van der Waals surface area contributed by atoms with Crippen molar-refractivity contribution in [3.05, 3.63) is 55.2 Å². The van der Waals surface area contributed by atoms with Crippen molar-refractivity contribution >= 4 is 51.9 Å². The van der Waals surface area contributed by atoms with Crippen molar-refractivity contribution in [2.24, 2.45) is 0 Å². The second-order valence-corrected chi connectivity index (χ2v) is 5.22. The smallest absolute Gasteiger partial charge is 0.205 e. The lowest BCUT2D eigenvalue weighted by Crippen LogP contribution is -2.00. The van der Waals surface area contributed by atoms with Gasteiger partial charge in [0.05, 0.1) is 14.9 Å². The van der Waals surface area contributed by atoms with Crippen LogP contribution in [-0.4, -0.2) is 5.78 Å². The maximum atomic E-state index is 12.1. The van der Waals surface area contributed by atoms with E-state index in [0.29, 0.717) is 25.5 Å². The Hall–Kier alpha value is -0.540. The summed E-state index contributed by atoms with van der Waals surface area (Å²) in [5, 5.41) is 3.04. The molecule has 2 aromatic rings. The number of rotatable bonds is 2. The molecular formula is C11H5Cl3OS. The molecule has 5 heteroatoms. The van der Waals surface area contributed by atoms with Crippen molar-refractivity contribution in [1.29, 1.82) is 0 Å². The van der Waals surface area contributed by atoms with Gasteiger partial charge in [-0.3, -0.25) is 4.79 Å². The molecule has 0 aliphatic rings. The van der Waals surface area contributed by atoms with Gasteiger partial charge in [-0.25, -0.2) is 0 Å². The maximum Gasteiger partial charge on any atom is 0.205 e. The number of benzene rings is 1. The van der Waals surface area contributed by atoms with Gasteiger partial charge in [0.2, 0.25) is 5.78 Å². The van der Waals surface area contributed by atoms with Crippen LogP contribution in [-0.2, 0) is 0 Å². The number of carbonyl (C=O) groups is 1. The molecular weight excluding hydrogens is 287 g/mol. The second-order valence-electron chi connectivity index (χ2n) is 3.05. The average molecular weight is 292 g/mol. The van der Waals surface area contributed by atoms with Gasteiger partial charge in [0.25, 0.3) is 0 Å². The highest BCUT2D eigenvalue weighted by Gasteiger charge is 2.17. The first-order valence-electron chi connectivity index (χ1n) is 4.32. The molecule has 1 aromatic carbocycles. The number of ketones is 1. The van der Waals surface area contributed by atoms with Gasteiger partial charge in [-0.05, 0) is 29.6 Å². The monoisotopic (exact) mass is 290 g/mol. The summed E-state index contributed by atoms with van der Waals surface area (Å²) < 4.78 is 0. The highest BCUT2D eigenvalue weighted by molar-refractivity contribution is 7.13. The Balaban J connectivity index is 2.46. The largest absolute Gasteiger partial charge is 0.288 e. The Morgan fingerprint density at radius 3 is 2.38 bits per heavy atom. The summed E-state index contributed by atoms with van der Waals surface area (Å²) in [7, 11) is 0. The van der Waals surface area contributed by atoms with E-state index in [9.17, 15) is 4.79 Å². The molecule has 0 unspecified atom stereocenters. The van der Waals surface area contributed by atoms with Gasteiger partial charge in [-0.1, -0.05) is 34.8 Å². The minimum Gasteiger partial charge on any atom is -0.288 e. The molecule has 1 aromatic heterocycles. The van der Waals surface area contributed by atoms with Crippen LogP contribution in [0.2, 0.25) is 15.1 Å². The van der Waals surface area contributed by atoms with Gasteiger partial charge in [0.1, 0.15) is 0 Å². The minimum absolute atomic E-state index is 0.179. The van der Waals surface area contributed by atoms with E-state index in [4.69, 9.17) is 34.8 Å². The summed E-state index contributed by atoms with van der Waals surface area (Å²) in [5.74, 6) is -0.179. The molecule has 82 valence electrons. The SMILES string of the molecule is O=C(c1ccc(Cl)cc1Cl)c1sccc1Cl. The van der Waals surface area contributed by atoms with Crippen molar-refractivity contribution in [2.45, 2.75) is 0 Å². The molecule has 0 spiro atoms. The summed E-state index contributed by atoms with van der Waals surface area (Å²) in [5.41, 5.74) is 0.412. The first-order valence-corrected chi connectivity index (χ1v) is 6.33. The first-order chi connectivity index (χ1) is 7.59. The molecule has 0 aliphatic carbocycles. The zero-order valence-corrected chi connectivity index (χ0v) is 10.9. The van der Waals surface area contributed by atoms with E-state index in [1.165, 1.54) is 17.4 Å². The number of hydrogen-bond donors (Lipinski definition) is 0. The van der Waals surface area contributed by atoms with Crippen LogP contribution in [0.5, 0.6) is 0 Å². The lowest BCUT2D eigenvalue weighted by atomic mass is 10.1. The van der Waals surface area contributed by atoms with Crippen LogP contribution in [0.3, 0.4) is 0 Å². The Labute approximate surface area is 112 Å². The van der Waals surface area contributed by atoms with Crippen LogP contribution in [0.15, 0.2) is 29.6 Å². The summed E-state index contributed by atoms with van der Waals surface area (Å²) in [6, 6.07) is 6.45. The van der Waals surface area contributed by atoms with Gasteiger partial charge in [0, 0.05) is 10.6 Å². The van der Waals surface area contributed by atoms with E-state index in [2.05, 4.69) is 0 Å². The standard InChI is InChI=1S/C11H5Cl3OS/c12-6-1-2-7(9(14)5-6)10(15)11-8(13)3-4-16-11/h1-5H. The molecule has 0 saturated heterocycles. The molecule has 0 atom stereocenters. The van der Waals surface area contributed by atoms with Crippen molar-refractivity contribution < 1.29 is 4.79 Å². The fourth-order valence-electron chi connectivity index (χ4n) is 1.25. The van der Waals surface area contributed by atoms with Gasteiger partial charge >= 0.3 is 0 Å². The fraction of sp³-hybridized carbons (Fsp3) is 0. The summed E-state index contributed by atoms with van der Waals surface area (Å²) in [6.07, 6.45) is 0. The van der Waals surface area contributed by atoms with Gasteiger partial charge < -0.3 is 0 Å². The van der Waals surface area contributed by atoms with Crippen LogP contribution in [0.1, 0.15) is 15.2 Å². The molecule has 0 bridgehead atoms. The third kappa shape index (κ3) is 2.25. The Morgan fingerprint density at radius 2 is 1.81 bits per heavy atom. The molecule has 16 heavy (non-hydrogen) atoms. The molecule has 0 fully saturated rings. The van der Waals surface area contributed by atoms with E-state index in [0.717, 1.165) is 0 Å². The van der Waals surface area contributed by atoms with Crippen LogP contribution in [0.25, 0.3) is 0 Å². The molecule has 0 aliphatic heterocycles. The highest BCUT2D eigenvalue weighted by atomic mass is 35.5. The minimum atomic E-state index is -0.179. The number of carbonyl (C=O) groups excluding carboxylic acids is 1. The van der Waals surface area contributed by atoms with Crippen molar-refractivity contribution in [3.8, 4) is 0 Å². The third-order valence-corrected chi connectivity index (χ3v) is 3.89. The second kappa shape index (κ2) is 4.76. The molecule has 1 nitrogen and oxygen atoms in total. The van der Waals surface area contributed by atoms with Crippen molar-refractivity contribution in [1.82, 2.24) is 0 Å². The summed E-state index contributed by atoms with van der Waals surface area (Å²) in [6.45, 7) is 0. The van der Waals surface area contributed by atoms with Crippen molar-refractivity contribution in [2.75, 3.05) is 0 Å². The highest BCUT2D eigenvalue weighted by Crippen LogP contribution is 2.29. The van der Waals surface area contributed by atoms with E-state index in [1.54, 1.807) is 23.6 Å². The molecule has 0 amide bonds. The molecule has 0 radical (unpaired) electrons. The summed E-state index contributed by atoms with van der Waals surface area (Å²) >= 11 is 18.9. The number of hydrogen-bond acceptors (Lipinski definition) is 2. The maximum absolute atomic E-state index is 12.1. The van der Waals surface area contributed by atoms with E-state index in [1.807, 2.05) is 0 Å². The zero-order chi connectivity index (χ0) is 11.7. The van der Waals surface area contributed by atoms with Gasteiger partial charge in [0.15, 0.2) is 0 Å². The first kappa shape index (κ1) is 11.9. The van der Waals surface area contributed by atoms with Gasteiger partial charge in [-0.15, -0.1) is 11.3 Å². The van der Waals surface area contributed by atoms with Crippen LogP contribution >= 0.6 is 46.1 Å². The van der Waals surface area contributed by atoms with Crippen LogP contribution in [0.4, 0.5) is 0 Å². The molecule has 0 N–H and O–H groups in total. The molecule has 0 saturated carbocycles. The van der Waals surface area contributed by atoms with Crippen LogP contribution in [0, 0.1) is 0 Å². The zero-order valence-electron chi connectivity index (χ0n) is 7.84. The average Bonchev–Trinajstić information content (AvgIpc) is 2.63. The molecule has 2 rings (SSSR count). The normalized spacial score (nSPS) is 10.4. The topological polar surface area (TPSA) is 17.1 Å². The Morgan fingerprint density at radius 1 is 1.06 bits per heavy atom. The predicted octanol–water partition coefficient (Wildman–Crippen LogP) is 4.94. The fourth-order valence-corrected chi connectivity index (χ4v) is 2.84. The third-order valence-electron chi connectivity index (χ3n) is 2.00. The van der Waals surface area contributed by atoms with Crippen LogP contribution < -0.4 is 0 Å². The van der Waals surface area contributed by atoms with E-state index >= 15 is 0 Å². The summed E-state index contributed by atoms with van der Waals surface area (Å²) in [4.78, 5) is 12.6. The van der Waals surface area contributed by atoms with Gasteiger partial charge in [-0.2, -0.15) is 0 Å². The number of halogens is 3. The quantitative estimate of drug-likeness (QED) is 0.716. The Kier molecular flexibility index (Phi) is 3.55. The predicted molar refractivity (Wildman–Crippen MR) is 69.2 cm³/mol. The van der Waals surface area contributed by atoms with Crippen molar-refractivity contribution in [3.63, 3.8) is 0 Å². The van der Waals surface area contributed by atoms with E-state index in [-0.39, 0.29) is 5.78 Å².